The highest BCUT2D eigenvalue weighted by atomic mass is 16.3. The second-order valence-electron chi connectivity index (χ2n) is 3.58. The van der Waals surface area contributed by atoms with Crippen molar-refractivity contribution in [2.45, 2.75) is 13.3 Å². The van der Waals surface area contributed by atoms with E-state index in [9.17, 15) is 4.79 Å². The van der Waals surface area contributed by atoms with Gasteiger partial charge in [-0.25, -0.2) is 0 Å². The summed E-state index contributed by atoms with van der Waals surface area (Å²) in [5.41, 5.74) is 1.30. The van der Waals surface area contributed by atoms with Crippen molar-refractivity contribution in [2.75, 3.05) is 6.54 Å². The molecule has 1 aromatic heterocycles. The Kier molecular flexibility index (Phi) is 3.46. The van der Waals surface area contributed by atoms with Crippen LogP contribution in [0.4, 0.5) is 0 Å². The van der Waals surface area contributed by atoms with E-state index in [0.717, 1.165) is 11.0 Å². The molecule has 0 aliphatic rings. The Morgan fingerprint density at radius 1 is 1.41 bits per heavy atom. The zero-order chi connectivity index (χ0) is 12.1. The lowest BCUT2D eigenvalue weighted by molar-refractivity contribution is 0.0955. The Morgan fingerprint density at radius 2 is 2.24 bits per heavy atom. The maximum absolute atomic E-state index is 11.9. The summed E-state index contributed by atoms with van der Waals surface area (Å²) in [6.45, 7) is 2.34. The van der Waals surface area contributed by atoms with Crippen molar-refractivity contribution in [3.8, 4) is 11.8 Å². The van der Waals surface area contributed by atoms with Crippen molar-refractivity contribution in [3.63, 3.8) is 0 Å². The molecule has 1 aromatic carbocycles. The highest BCUT2D eigenvalue weighted by molar-refractivity contribution is 6.05. The highest BCUT2D eigenvalue weighted by Crippen LogP contribution is 2.20. The van der Waals surface area contributed by atoms with Crippen LogP contribution in [0.5, 0.6) is 0 Å². The number of nitrogens with one attached hydrogen (secondary N) is 1. The molecule has 0 saturated heterocycles. The smallest absolute Gasteiger partial charge is 0.255 e. The Morgan fingerprint density at radius 3 is 3.06 bits per heavy atom. The van der Waals surface area contributed by atoms with E-state index in [0.29, 0.717) is 18.5 Å². The van der Waals surface area contributed by atoms with Gasteiger partial charge in [-0.15, -0.1) is 11.8 Å². The first-order valence-electron chi connectivity index (χ1n) is 5.47. The van der Waals surface area contributed by atoms with Crippen LogP contribution in [-0.4, -0.2) is 12.5 Å². The molecule has 0 atom stereocenters. The summed E-state index contributed by atoms with van der Waals surface area (Å²) in [6, 6.07) is 7.48. The largest absolute Gasteiger partial charge is 0.463 e. The first-order chi connectivity index (χ1) is 8.33. The fraction of sp³-hybridized carbons (Fsp3) is 0.214. The minimum absolute atomic E-state index is 0.118. The standard InChI is InChI=1S/C14H13NO2/c1-2-3-6-9-15-14(16)12-10-17-13-8-5-4-7-11(12)13/h4-5,7-8,10H,6,9H2,1H3,(H,15,16). The summed E-state index contributed by atoms with van der Waals surface area (Å²) in [4.78, 5) is 11.9. The van der Waals surface area contributed by atoms with E-state index in [1.165, 1.54) is 6.26 Å². The van der Waals surface area contributed by atoms with Crippen LogP contribution < -0.4 is 5.32 Å². The zero-order valence-corrected chi connectivity index (χ0v) is 9.62. The number of amides is 1. The van der Waals surface area contributed by atoms with Gasteiger partial charge in [-0.05, 0) is 13.0 Å². The van der Waals surface area contributed by atoms with Gasteiger partial charge in [0.25, 0.3) is 5.91 Å². The lowest BCUT2D eigenvalue weighted by Gasteiger charge is -2.00. The van der Waals surface area contributed by atoms with Crippen LogP contribution in [0.2, 0.25) is 0 Å². The Bertz CT molecular complexity index is 587. The van der Waals surface area contributed by atoms with Crippen LogP contribution >= 0.6 is 0 Å². The molecular formula is C14H13NO2. The monoisotopic (exact) mass is 227 g/mol. The lowest BCUT2D eigenvalue weighted by atomic mass is 10.1. The quantitative estimate of drug-likeness (QED) is 0.646. The van der Waals surface area contributed by atoms with Gasteiger partial charge in [-0.3, -0.25) is 4.79 Å². The molecule has 0 bridgehead atoms. The van der Waals surface area contributed by atoms with E-state index < -0.39 is 0 Å². The molecule has 17 heavy (non-hydrogen) atoms. The number of para-hydroxylation sites is 1. The van der Waals surface area contributed by atoms with Gasteiger partial charge in [-0.1, -0.05) is 18.2 Å². The average molecular weight is 227 g/mol. The number of carbonyl (C=O) groups is 1. The third-order valence-corrected chi connectivity index (χ3v) is 2.44. The fourth-order valence-corrected chi connectivity index (χ4v) is 1.61. The van der Waals surface area contributed by atoms with Gasteiger partial charge in [0, 0.05) is 18.4 Å². The third kappa shape index (κ3) is 2.48. The van der Waals surface area contributed by atoms with Gasteiger partial charge in [0.05, 0.1) is 5.56 Å². The Hall–Kier alpha value is -2.21. The summed E-state index contributed by atoms with van der Waals surface area (Å²) < 4.78 is 5.31. The summed E-state index contributed by atoms with van der Waals surface area (Å²) in [6.07, 6.45) is 2.16. The molecule has 0 radical (unpaired) electrons. The van der Waals surface area contributed by atoms with Gasteiger partial charge in [0.2, 0.25) is 0 Å². The molecule has 0 spiro atoms. The van der Waals surface area contributed by atoms with E-state index >= 15 is 0 Å². The third-order valence-electron chi connectivity index (χ3n) is 2.44. The van der Waals surface area contributed by atoms with E-state index in [-0.39, 0.29) is 5.91 Å². The number of carbonyl (C=O) groups excluding carboxylic acids is 1. The van der Waals surface area contributed by atoms with Gasteiger partial charge in [0.1, 0.15) is 11.8 Å². The van der Waals surface area contributed by atoms with Crippen molar-refractivity contribution >= 4 is 16.9 Å². The summed E-state index contributed by atoms with van der Waals surface area (Å²) >= 11 is 0. The van der Waals surface area contributed by atoms with Crippen molar-refractivity contribution in [1.82, 2.24) is 5.32 Å². The molecule has 0 saturated carbocycles. The zero-order valence-electron chi connectivity index (χ0n) is 9.62. The SMILES string of the molecule is CC#CCCNC(=O)c1coc2ccccc12. The molecule has 3 nitrogen and oxygen atoms in total. The highest BCUT2D eigenvalue weighted by Gasteiger charge is 2.12. The van der Waals surface area contributed by atoms with Crippen molar-refractivity contribution < 1.29 is 9.21 Å². The minimum Gasteiger partial charge on any atom is -0.463 e. The summed E-state index contributed by atoms with van der Waals surface area (Å²) in [5, 5.41) is 3.65. The molecule has 0 fully saturated rings. The van der Waals surface area contributed by atoms with Gasteiger partial charge in [-0.2, -0.15) is 0 Å². The predicted octanol–water partition coefficient (Wildman–Crippen LogP) is 2.58. The van der Waals surface area contributed by atoms with Crippen LogP contribution in [0.25, 0.3) is 11.0 Å². The van der Waals surface area contributed by atoms with E-state index in [1.54, 1.807) is 6.92 Å². The Labute approximate surface area is 99.8 Å². The number of hydrogen-bond donors (Lipinski definition) is 1. The maximum Gasteiger partial charge on any atom is 0.255 e. The molecule has 3 heteroatoms. The molecule has 2 aromatic rings. The van der Waals surface area contributed by atoms with Crippen LogP contribution in [0.15, 0.2) is 34.9 Å². The topological polar surface area (TPSA) is 42.2 Å². The number of fused-ring (bicyclic) bond motifs is 1. The number of hydrogen-bond acceptors (Lipinski definition) is 2. The van der Waals surface area contributed by atoms with Crippen LogP contribution in [-0.2, 0) is 0 Å². The molecule has 0 aliphatic carbocycles. The molecular weight excluding hydrogens is 214 g/mol. The molecule has 1 N–H and O–H groups in total. The molecule has 0 unspecified atom stereocenters. The second kappa shape index (κ2) is 5.22. The summed E-state index contributed by atoms with van der Waals surface area (Å²) in [5.74, 6) is 5.57. The molecule has 0 aliphatic heterocycles. The minimum atomic E-state index is -0.118. The molecule has 1 amide bonds. The Balaban J connectivity index is 2.10. The summed E-state index contributed by atoms with van der Waals surface area (Å²) in [7, 11) is 0. The van der Waals surface area contributed by atoms with Crippen molar-refractivity contribution in [3.05, 3.63) is 36.1 Å². The molecule has 86 valence electrons. The van der Waals surface area contributed by atoms with Crippen molar-refractivity contribution in [1.29, 1.82) is 0 Å². The van der Waals surface area contributed by atoms with E-state index in [1.807, 2.05) is 24.3 Å². The van der Waals surface area contributed by atoms with E-state index in [2.05, 4.69) is 17.2 Å². The number of benzene rings is 1. The predicted molar refractivity (Wildman–Crippen MR) is 66.6 cm³/mol. The van der Waals surface area contributed by atoms with Crippen LogP contribution in [0.3, 0.4) is 0 Å². The van der Waals surface area contributed by atoms with E-state index in [4.69, 9.17) is 4.42 Å². The lowest BCUT2D eigenvalue weighted by Crippen LogP contribution is -2.23. The average Bonchev–Trinajstić information content (AvgIpc) is 2.78. The number of rotatable bonds is 3. The van der Waals surface area contributed by atoms with Gasteiger partial charge >= 0.3 is 0 Å². The van der Waals surface area contributed by atoms with Crippen molar-refractivity contribution in [2.24, 2.45) is 0 Å². The normalized spacial score (nSPS) is 9.71. The second-order valence-corrected chi connectivity index (χ2v) is 3.58. The number of furan rings is 1. The van der Waals surface area contributed by atoms with Crippen LogP contribution in [0, 0.1) is 11.8 Å². The first kappa shape index (κ1) is 11.3. The molecule has 2 rings (SSSR count). The molecule has 1 heterocycles. The maximum atomic E-state index is 11.9. The fourth-order valence-electron chi connectivity index (χ4n) is 1.61. The van der Waals surface area contributed by atoms with Gasteiger partial charge < -0.3 is 9.73 Å². The first-order valence-corrected chi connectivity index (χ1v) is 5.47. The van der Waals surface area contributed by atoms with Crippen LogP contribution in [0.1, 0.15) is 23.7 Å². The van der Waals surface area contributed by atoms with Gasteiger partial charge in [0.15, 0.2) is 0 Å².